The number of nitrogens with zero attached hydrogens (tertiary/aromatic N) is 5. The Balaban J connectivity index is 2.03. The van der Waals surface area contributed by atoms with Crippen molar-refractivity contribution in [1.82, 2.24) is 29.9 Å². The second-order valence-corrected chi connectivity index (χ2v) is 6.86. The van der Waals surface area contributed by atoms with Gasteiger partial charge in [0, 0.05) is 0 Å². The molecule has 0 radical (unpaired) electrons. The molecule has 116 valence electrons. The van der Waals surface area contributed by atoms with E-state index >= 15 is 0 Å². The van der Waals surface area contributed by atoms with Crippen LogP contribution in [-0.4, -0.2) is 46.8 Å². The number of anilines is 1. The second-order valence-electron chi connectivity index (χ2n) is 5.71. The van der Waals surface area contributed by atoms with E-state index in [0.29, 0.717) is 5.82 Å². The first-order valence-corrected chi connectivity index (χ1v) is 8.50. The Kier molecular flexibility index (Phi) is 3.13. The SMILES string of the molecule is CC(C)n1nc(-c2ccc3c(N)n[nH]c3c2)c2c([AsH2])ncnc21. The van der Waals surface area contributed by atoms with Gasteiger partial charge in [0.25, 0.3) is 0 Å². The molecule has 1 unspecified atom stereocenters. The van der Waals surface area contributed by atoms with Crippen molar-refractivity contribution in [2.75, 3.05) is 5.73 Å². The van der Waals surface area contributed by atoms with Gasteiger partial charge >= 0.3 is 140 Å². The monoisotopic (exact) mass is 369 g/mol. The average Bonchev–Trinajstić information content (AvgIpc) is 3.09. The van der Waals surface area contributed by atoms with E-state index in [9.17, 15) is 0 Å². The Bertz CT molecular complexity index is 1030. The molecule has 3 aromatic heterocycles. The van der Waals surface area contributed by atoms with E-state index in [1.165, 1.54) is 16.9 Å². The van der Waals surface area contributed by atoms with Crippen molar-refractivity contribution >= 4 is 49.1 Å². The Labute approximate surface area is 140 Å². The molecule has 23 heavy (non-hydrogen) atoms. The van der Waals surface area contributed by atoms with Gasteiger partial charge in [0.2, 0.25) is 0 Å². The number of benzene rings is 1. The van der Waals surface area contributed by atoms with Crippen LogP contribution in [0.5, 0.6) is 0 Å². The van der Waals surface area contributed by atoms with Crippen LogP contribution in [0.4, 0.5) is 5.82 Å². The summed E-state index contributed by atoms with van der Waals surface area (Å²) in [6, 6.07) is 6.22. The van der Waals surface area contributed by atoms with Gasteiger partial charge in [-0.05, 0) is 0 Å². The maximum absolute atomic E-state index is 5.84. The summed E-state index contributed by atoms with van der Waals surface area (Å²) >= 11 is 1.47. The predicted molar refractivity (Wildman–Crippen MR) is 93.4 cm³/mol. The van der Waals surface area contributed by atoms with Crippen LogP contribution in [-0.2, 0) is 0 Å². The molecule has 0 bridgehead atoms. The van der Waals surface area contributed by atoms with Crippen LogP contribution in [0.2, 0.25) is 0 Å². The fourth-order valence-electron chi connectivity index (χ4n) is 2.75. The van der Waals surface area contributed by atoms with Crippen LogP contribution in [0.25, 0.3) is 33.2 Å². The Morgan fingerprint density at radius 2 is 2.09 bits per heavy atom. The molecule has 4 rings (SSSR count). The van der Waals surface area contributed by atoms with Gasteiger partial charge < -0.3 is 0 Å². The average molecular weight is 369 g/mol. The summed E-state index contributed by atoms with van der Waals surface area (Å²) in [7, 11) is 0. The molecule has 8 heteroatoms. The molecule has 1 atom stereocenters. The van der Waals surface area contributed by atoms with E-state index in [2.05, 4.69) is 34.0 Å². The molecule has 0 aliphatic heterocycles. The first kappa shape index (κ1) is 14.2. The summed E-state index contributed by atoms with van der Waals surface area (Å²) in [6.45, 7) is 4.19. The molecule has 0 amide bonds. The predicted octanol–water partition coefficient (Wildman–Crippen LogP) is 0.791. The summed E-state index contributed by atoms with van der Waals surface area (Å²) in [5.41, 5.74) is 9.50. The molecule has 4 aromatic rings. The van der Waals surface area contributed by atoms with Crippen molar-refractivity contribution in [3.8, 4) is 11.3 Å². The van der Waals surface area contributed by atoms with Gasteiger partial charge in [0.05, 0.1) is 0 Å². The van der Waals surface area contributed by atoms with E-state index in [-0.39, 0.29) is 6.04 Å². The molecule has 1 aromatic carbocycles. The zero-order valence-corrected chi connectivity index (χ0v) is 15.2. The Morgan fingerprint density at radius 1 is 1.26 bits per heavy atom. The molecule has 7 nitrogen and oxygen atoms in total. The summed E-state index contributed by atoms with van der Waals surface area (Å²) in [5.74, 6) is 0.506. The van der Waals surface area contributed by atoms with Gasteiger partial charge in [-0.1, -0.05) is 0 Å². The van der Waals surface area contributed by atoms with Crippen molar-refractivity contribution in [1.29, 1.82) is 0 Å². The summed E-state index contributed by atoms with van der Waals surface area (Å²) < 4.78 is 2.93. The van der Waals surface area contributed by atoms with Crippen molar-refractivity contribution in [2.24, 2.45) is 0 Å². The number of hydrogen-bond donors (Lipinski definition) is 2. The Hall–Kier alpha value is -2.40. The van der Waals surface area contributed by atoms with Gasteiger partial charge in [-0.2, -0.15) is 0 Å². The van der Waals surface area contributed by atoms with Crippen LogP contribution in [0.3, 0.4) is 0 Å². The fourth-order valence-corrected chi connectivity index (χ4v) is 3.44. The van der Waals surface area contributed by atoms with Gasteiger partial charge in [0.15, 0.2) is 0 Å². The number of fused-ring (bicyclic) bond motifs is 2. The molecular formula is C15H16AsN7. The van der Waals surface area contributed by atoms with E-state index < -0.39 is 0 Å². The third-order valence-corrected chi connectivity index (χ3v) is 4.79. The standard InChI is InChI=1S/C15H16AsN7/c1-7(2)23-15-11(13(16)18-6-19-15)12(22-23)8-3-4-9-10(5-8)20-21-14(9)17/h3-7H,16H2,1-2H3,(H3,17,20,21). The third-order valence-electron chi connectivity index (χ3n) is 3.87. The second kappa shape index (κ2) is 5.06. The zero-order valence-electron chi connectivity index (χ0n) is 12.8. The van der Waals surface area contributed by atoms with Gasteiger partial charge in [-0.15, -0.1) is 0 Å². The molecule has 0 spiro atoms. The topological polar surface area (TPSA) is 98.3 Å². The normalized spacial score (nSPS) is 11.8. The van der Waals surface area contributed by atoms with Crippen LogP contribution in [0, 0.1) is 0 Å². The molecule has 0 fully saturated rings. The van der Waals surface area contributed by atoms with E-state index in [4.69, 9.17) is 10.8 Å². The van der Waals surface area contributed by atoms with Gasteiger partial charge in [-0.25, -0.2) is 0 Å². The van der Waals surface area contributed by atoms with Crippen LogP contribution in [0.15, 0.2) is 24.5 Å². The quantitative estimate of drug-likeness (QED) is 0.509. The zero-order chi connectivity index (χ0) is 16.1. The number of nitrogens with two attached hydrogens (primary N) is 1. The van der Waals surface area contributed by atoms with Crippen LogP contribution in [0.1, 0.15) is 19.9 Å². The maximum atomic E-state index is 5.84. The molecule has 0 saturated carbocycles. The number of aromatic nitrogens is 6. The van der Waals surface area contributed by atoms with Crippen molar-refractivity contribution in [2.45, 2.75) is 19.9 Å². The summed E-state index contributed by atoms with van der Waals surface area (Å²) in [5, 5.41) is 13.7. The summed E-state index contributed by atoms with van der Waals surface area (Å²) in [6.07, 6.45) is 1.60. The molecule has 0 saturated heterocycles. The minimum atomic E-state index is 0.222. The molecule has 3 heterocycles. The first-order chi connectivity index (χ1) is 11.1. The van der Waals surface area contributed by atoms with Gasteiger partial charge in [0.1, 0.15) is 0 Å². The Morgan fingerprint density at radius 3 is 2.87 bits per heavy atom. The van der Waals surface area contributed by atoms with Crippen LogP contribution < -0.4 is 10.2 Å². The van der Waals surface area contributed by atoms with E-state index in [1.54, 1.807) is 6.33 Å². The van der Waals surface area contributed by atoms with Crippen LogP contribution >= 0.6 is 0 Å². The number of aromatic amines is 1. The molecule has 0 aliphatic carbocycles. The molecule has 3 N–H and O–H groups in total. The van der Waals surface area contributed by atoms with Crippen molar-refractivity contribution in [3.63, 3.8) is 0 Å². The summed E-state index contributed by atoms with van der Waals surface area (Å²) in [4.78, 5) is 8.79. The fraction of sp³-hybridized carbons (Fsp3) is 0.200. The first-order valence-electron chi connectivity index (χ1n) is 7.29. The molecule has 0 aliphatic rings. The van der Waals surface area contributed by atoms with E-state index in [1.807, 2.05) is 22.9 Å². The third kappa shape index (κ3) is 2.11. The number of H-pyrrole nitrogens is 1. The number of nitrogen functional groups attached to an aromatic ring is 1. The number of nitrogens with one attached hydrogen (secondary N) is 1. The van der Waals surface area contributed by atoms with E-state index in [0.717, 1.165) is 37.7 Å². The minimum absolute atomic E-state index is 0.222. The molecular weight excluding hydrogens is 353 g/mol. The van der Waals surface area contributed by atoms with Crippen molar-refractivity contribution < 1.29 is 0 Å². The number of rotatable bonds is 2. The van der Waals surface area contributed by atoms with Gasteiger partial charge in [-0.3, -0.25) is 0 Å². The van der Waals surface area contributed by atoms with Crippen molar-refractivity contribution in [3.05, 3.63) is 24.5 Å². The number of hydrogen-bond acceptors (Lipinski definition) is 5.